The largest absolute Gasteiger partial charge is 0.309 e. The van der Waals surface area contributed by atoms with Crippen LogP contribution >= 0.6 is 0 Å². The van der Waals surface area contributed by atoms with E-state index >= 15 is 0 Å². The molecule has 166 valence electrons. The van der Waals surface area contributed by atoms with Crippen LogP contribution in [-0.4, -0.2) is 30.9 Å². The van der Waals surface area contributed by atoms with Crippen molar-refractivity contribution in [3.05, 3.63) is 103 Å². The van der Waals surface area contributed by atoms with Crippen molar-refractivity contribution < 1.29 is 4.79 Å². The summed E-state index contributed by atoms with van der Waals surface area (Å²) >= 11 is 0. The quantitative estimate of drug-likeness (QED) is 0.396. The van der Waals surface area contributed by atoms with Crippen LogP contribution in [0.1, 0.15) is 5.56 Å². The molecule has 34 heavy (non-hydrogen) atoms. The molecule has 2 aromatic carbocycles. The van der Waals surface area contributed by atoms with Gasteiger partial charge in [0.15, 0.2) is 0 Å². The van der Waals surface area contributed by atoms with E-state index in [0.717, 1.165) is 33.5 Å². The fraction of sp³-hybridized carbons (Fsp3) is 0.0741. The third kappa shape index (κ3) is 4.45. The summed E-state index contributed by atoms with van der Waals surface area (Å²) in [7, 11) is 0. The second kappa shape index (κ2) is 9.46. The molecule has 0 saturated carbocycles. The number of anilines is 1. The average molecular weight is 447 g/mol. The molecule has 0 atom stereocenters. The monoisotopic (exact) mass is 446 g/mol. The molecule has 0 saturated heterocycles. The lowest BCUT2D eigenvalue weighted by Gasteiger charge is -2.10. The van der Waals surface area contributed by atoms with Gasteiger partial charge in [0.2, 0.25) is 5.91 Å². The Morgan fingerprint density at radius 1 is 0.853 bits per heavy atom. The predicted molar refractivity (Wildman–Crippen MR) is 132 cm³/mol. The number of rotatable bonds is 6. The zero-order chi connectivity index (χ0) is 23.3. The van der Waals surface area contributed by atoms with Gasteiger partial charge < -0.3 is 5.32 Å². The van der Waals surface area contributed by atoms with E-state index in [-0.39, 0.29) is 12.5 Å². The van der Waals surface area contributed by atoms with Crippen LogP contribution in [0.25, 0.3) is 33.6 Å². The summed E-state index contributed by atoms with van der Waals surface area (Å²) in [5.41, 5.74) is 6.39. The molecule has 5 aromatic rings. The van der Waals surface area contributed by atoms with Gasteiger partial charge in [-0.3, -0.25) is 9.78 Å². The van der Waals surface area contributed by atoms with Gasteiger partial charge in [-0.05, 0) is 36.2 Å². The molecule has 0 fully saturated rings. The molecule has 0 aliphatic carbocycles. The first-order valence-electron chi connectivity index (χ1n) is 10.9. The third-order valence-corrected chi connectivity index (χ3v) is 5.49. The van der Waals surface area contributed by atoms with Crippen molar-refractivity contribution in [3.63, 3.8) is 0 Å². The van der Waals surface area contributed by atoms with Crippen molar-refractivity contribution >= 4 is 11.7 Å². The van der Waals surface area contributed by atoms with Crippen molar-refractivity contribution in [2.45, 2.75) is 13.5 Å². The maximum atomic E-state index is 12.9. The molecule has 5 rings (SSSR count). The highest BCUT2D eigenvalue weighted by Gasteiger charge is 2.20. The zero-order valence-corrected chi connectivity index (χ0v) is 18.6. The number of nitrogens with zero attached hydrogens (tertiary/aromatic N) is 5. The van der Waals surface area contributed by atoms with Gasteiger partial charge in [0.05, 0.1) is 5.69 Å². The van der Waals surface area contributed by atoms with Crippen molar-refractivity contribution in [2.24, 2.45) is 0 Å². The molecule has 0 aliphatic heterocycles. The van der Waals surface area contributed by atoms with Gasteiger partial charge in [-0.15, -0.1) is 5.10 Å². The van der Waals surface area contributed by atoms with E-state index in [4.69, 9.17) is 0 Å². The second-order valence-electron chi connectivity index (χ2n) is 7.85. The first kappa shape index (κ1) is 21.2. The summed E-state index contributed by atoms with van der Waals surface area (Å²) in [6, 6.07) is 25.4. The summed E-state index contributed by atoms with van der Waals surface area (Å²) in [6.07, 6.45) is 5.27. The van der Waals surface area contributed by atoms with Crippen LogP contribution in [0.2, 0.25) is 0 Å². The summed E-state index contributed by atoms with van der Waals surface area (Å²) in [5.74, 6) is 0.247. The van der Waals surface area contributed by atoms with E-state index in [1.807, 2.05) is 79.7 Å². The molecular weight excluding hydrogens is 424 g/mol. The maximum absolute atomic E-state index is 12.9. The lowest BCUT2D eigenvalue weighted by atomic mass is 10.0. The molecule has 0 spiro atoms. The standard InChI is InChI=1S/C27H22N6O/c1-19-16-28-15-14-23(19)26-27(21-10-6-3-7-11-21)33(32-31-26)18-25(34)30-24-13-12-22(17-29-24)20-8-4-2-5-9-20/h2-17H,18H2,1H3,(H,29,30,34). The van der Waals surface area contributed by atoms with E-state index < -0.39 is 0 Å². The third-order valence-electron chi connectivity index (χ3n) is 5.49. The number of hydrogen-bond donors (Lipinski definition) is 1. The van der Waals surface area contributed by atoms with Crippen LogP contribution in [0.3, 0.4) is 0 Å². The Morgan fingerprint density at radius 3 is 2.26 bits per heavy atom. The lowest BCUT2D eigenvalue weighted by molar-refractivity contribution is -0.116. The molecule has 0 aliphatic rings. The topological polar surface area (TPSA) is 85.6 Å². The first-order valence-corrected chi connectivity index (χ1v) is 10.9. The van der Waals surface area contributed by atoms with Gasteiger partial charge in [0, 0.05) is 35.3 Å². The van der Waals surface area contributed by atoms with Crippen LogP contribution < -0.4 is 5.32 Å². The van der Waals surface area contributed by atoms with Gasteiger partial charge in [0.25, 0.3) is 0 Å². The van der Waals surface area contributed by atoms with E-state index in [0.29, 0.717) is 11.5 Å². The van der Waals surface area contributed by atoms with Gasteiger partial charge in [-0.25, -0.2) is 9.67 Å². The normalized spacial score (nSPS) is 10.7. The fourth-order valence-electron chi connectivity index (χ4n) is 3.81. The lowest BCUT2D eigenvalue weighted by Crippen LogP contribution is -2.20. The highest BCUT2D eigenvalue weighted by molar-refractivity contribution is 5.90. The van der Waals surface area contributed by atoms with Gasteiger partial charge >= 0.3 is 0 Å². The van der Waals surface area contributed by atoms with Crippen LogP contribution in [0.5, 0.6) is 0 Å². The number of aryl methyl sites for hydroxylation is 1. The SMILES string of the molecule is Cc1cnccc1-c1nnn(CC(=O)Nc2ccc(-c3ccccc3)cn2)c1-c1ccccc1. The van der Waals surface area contributed by atoms with Crippen LogP contribution in [-0.2, 0) is 11.3 Å². The molecule has 1 amide bonds. The first-order chi connectivity index (χ1) is 16.7. The summed E-state index contributed by atoms with van der Waals surface area (Å²) in [5, 5.41) is 11.6. The van der Waals surface area contributed by atoms with Gasteiger partial charge in [-0.1, -0.05) is 65.9 Å². The molecule has 7 heteroatoms. The second-order valence-corrected chi connectivity index (χ2v) is 7.85. The van der Waals surface area contributed by atoms with Crippen molar-refractivity contribution in [1.82, 2.24) is 25.0 Å². The number of carbonyl (C=O) groups is 1. The van der Waals surface area contributed by atoms with Crippen molar-refractivity contribution in [1.29, 1.82) is 0 Å². The number of carbonyl (C=O) groups excluding carboxylic acids is 1. The van der Waals surface area contributed by atoms with Crippen molar-refractivity contribution in [3.8, 4) is 33.6 Å². The summed E-state index contributed by atoms with van der Waals surface area (Å²) in [4.78, 5) is 21.5. The number of amides is 1. The molecule has 1 N–H and O–H groups in total. The predicted octanol–water partition coefficient (Wildman–Crippen LogP) is 5.02. The van der Waals surface area contributed by atoms with Crippen molar-refractivity contribution in [2.75, 3.05) is 5.32 Å². The number of aromatic nitrogens is 5. The van der Waals surface area contributed by atoms with Gasteiger partial charge in [0.1, 0.15) is 18.1 Å². The number of pyridine rings is 2. The number of nitrogens with one attached hydrogen (secondary N) is 1. The Bertz CT molecular complexity index is 1410. The van der Waals surface area contributed by atoms with E-state index in [1.54, 1.807) is 29.3 Å². The molecule has 0 radical (unpaired) electrons. The van der Waals surface area contributed by atoms with Crippen LogP contribution in [0, 0.1) is 6.92 Å². The minimum Gasteiger partial charge on any atom is -0.309 e. The highest BCUT2D eigenvalue weighted by Crippen LogP contribution is 2.31. The molecule has 3 aromatic heterocycles. The number of benzene rings is 2. The Labute approximate surface area is 197 Å². The Morgan fingerprint density at radius 2 is 1.59 bits per heavy atom. The molecule has 3 heterocycles. The Kier molecular flexibility index (Phi) is 5.90. The zero-order valence-electron chi connectivity index (χ0n) is 18.6. The molecular formula is C27H22N6O. The minimum absolute atomic E-state index is 0.00345. The summed E-state index contributed by atoms with van der Waals surface area (Å²) < 4.78 is 1.62. The fourth-order valence-corrected chi connectivity index (χ4v) is 3.81. The van der Waals surface area contributed by atoms with Gasteiger partial charge in [-0.2, -0.15) is 0 Å². The Hall–Kier alpha value is -4.65. The van der Waals surface area contributed by atoms with Crippen LogP contribution in [0.15, 0.2) is 97.5 Å². The average Bonchev–Trinajstić information content (AvgIpc) is 3.29. The molecule has 0 unspecified atom stereocenters. The van der Waals surface area contributed by atoms with E-state index in [2.05, 4.69) is 25.6 Å². The number of hydrogen-bond acceptors (Lipinski definition) is 5. The minimum atomic E-state index is -0.236. The summed E-state index contributed by atoms with van der Waals surface area (Å²) in [6.45, 7) is 1.98. The van der Waals surface area contributed by atoms with E-state index in [9.17, 15) is 4.79 Å². The van der Waals surface area contributed by atoms with E-state index in [1.165, 1.54) is 0 Å². The maximum Gasteiger partial charge on any atom is 0.247 e. The highest BCUT2D eigenvalue weighted by atomic mass is 16.2. The van der Waals surface area contributed by atoms with Crippen LogP contribution in [0.4, 0.5) is 5.82 Å². The molecule has 7 nitrogen and oxygen atoms in total. The Balaban J connectivity index is 1.40. The molecule has 0 bridgehead atoms. The smallest absolute Gasteiger partial charge is 0.247 e.